The van der Waals surface area contributed by atoms with E-state index in [4.69, 9.17) is 0 Å². The van der Waals surface area contributed by atoms with Crippen LogP contribution in [0.25, 0.3) is 10.8 Å². The van der Waals surface area contributed by atoms with Gasteiger partial charge in [0.25, 0.3) is 0 Å². The van der Waals surface area contributed by atoms with Gasteiger partial charge in [0, 0.05) is 6.54 Å². The van der Waals surface area contributed by atoms with Gasteiger partial charge in [-0.25, -0.2) is 0 Å². The van der Waals surface area contributed by atoms with Gasteiger partial charge in [0.15, 0.2) is 0 Å². The van der Waals surface area contributed by atoms with Gasteiger partial charge in [-0.15, -0.1) is 0 Å². The maximum Gasteiger partial charge on any atom is 0.240 e. The van der Waals surface area contributed by atoms with Gasteiger partial charge in [0.05, 0.1) is 17.9 Å². The van der Waals surface area contributed by atoms with E-state index >= 15 is 0 Å². The second-order valence-electron chi connectivity index (χ2n) is 8.19. The predicted molar refractivity (Wildman–Crippen MR) is 106 cm³/mol. The lowest BCUT2D eigenvalue weighted by Gasteiger charge is -2.18. The smallest absolute Gasteiger partial charge is 0.240 e. The number of benzene rings is 2. The second kappa shape index (κ2) is 6.81. The van der Waals surface area contributed by atoms with Gasteiger partial charge in [0.1, 0.15) is 6.54 Å². The van der Waals surface area contributed by atoms with Crippen molar-refractivity contribution in [1.29, 1.82) is 0 Å². The van der Waals surface area contributed by atoms with Crippen LogP contribution in [0.1, 0.15) is 18.1 Å². The van der Waals surface area contributed by atoms with Gasteiger partial charge < -0.3 is 10.4 Å². The Morgan fingerprint density at radius 3 is 2.38 bits per heavy atom. The molecular weight excluding hydrogens is 368 g/mol. The van der Waals surface area contributed by atoms with Crippen molar-refractivity contribution in [3.63, 3.8) is 0 Å². The van der Waals surface area contributed by atoms with Crippen LogP contribution in [0.5, 0.6) is 0 Å². The number of amides is 3. The third-order valence-electron chi connectivity index (χ3n) is 6.51. The van der Waals surface area contributed by atoms with Crippen LogP contribution in [0.2, 0.25) is 0 Å². The van der Waals surface area contributed by atoms with Crippen LogP contribution < -0.4 is 5.32 Å². The van der Waals surface area contributed by atoms with E-state index in [0.29, 0.717) is 5.56 Å². The number of carbonyl (C=O) groups excluding carboxylic acids is 3. The molecule has 6 nitrogen and oxygen atoms in total. The van der Waals surface area contributed by atoms with Crippen LogP contribution in [-0.4, -0.2) is 40.8 Å². The summed E-state index contributed by atoms with van der Waals surface area (Å²) < 4.78 is 0. The fourth-order valence-corrected chi connectivity index (χ4v) is 5.06. The first-order chi connectivity index (χ1) is 14.0. The summed E-state index contributed by atoms with van der Waals surface area (Å²) in [6.07, 6.45) is 4.05. The summed E-state index contributed by atoms with van der Waals surface area (Å²) in [5.74, 6) is -1.24. The molecule has 1 heterocycles. The van der Waals surface area contributed by atoms with E-state index in [1.165, 1.54) is 0 Å². The van der Waals surface area contributed by atoms with Crippen molar-refractivity contribution in [2.24, 2.45) is 23.7 Å². The molecule has 0 radical (unpaired) electrons. The number of hydrogen-bond acceptors (Lipinski definition) is 4. The van der Waals surface area contributed by atoms with Gasteiger partial charge >= 0.3 is 0 Å². The molecule has 3 aliphatic rings. The standard InChI is InChI=1S/C23H22N2O4/c26-18(15-6-5-13-3-1-2-4-14(13)9-15)11-24-19(27)12-25-22(28)20-16-7-8-17(10-16)21(20)23(25)29/h1-9,16-18,20-21,26H,10-12H2,(H,24,27). The van der Waals surface area contributed by atoms with Crippen molar-refractivity contribution < 1.29 is 19.5 Å². The van der Waals surface area contributed by atoms with E-state index in [1.807, 2.05) is 54.6 Å². The molecule has 0 aromatic heterocycles. The molecule has 2 aromatic carbocycles. The van der Waals surface area contributed by atoms with E-state index in [2.05, 4.69) is 5.32 Å². The highest BCUT2D eigenvalue weighted by Crippen LogP contribution is 2.52. The largest absolute Gasteiger partial charge is 0.387 e. The molecule has 0 spiro atoms. The Morgan fingerprint density at radius 1 is 1.03 bits per heavy atom. The summed E-state index contributed by atoms with van der Waals surface area (Å²) in [6, 6.07) is 13.5. The fraction of sp³-hybridized carbons (Fsp3) is 0.348. The molecule has 3 amide bonds. The average molecular weight is 390 g/mol. The van der Waals surface area contributed by atoms with Crippen molar-refractivity contribution in [1.82, 2.24) is 10.2 Å². The number of imide groups is 1. The first-order valence-corrected chi connectivity index (χ1v) is 10.00. The third-order valence-corrected chi connectivity index (χ3v) is 6.51. The Hall–Kier alpha value is -2.99. The van der Waals surface area contributed by atoms with Crippen molar-refractivity contribution >= 4 is 28.5 Å². The highest BCUT2D eigenvalue weighted by atomic mass is 16.3. The first kappa shape index (κ1) is 18.1. The van der Waals surface area contributed by atoms with Gasteiger partial charge in [-0.1, -0.05) is 48.6 Å². The number of rotatable bonds is 5. The van der Waals surface area contributed by atoms with E-state index in [-0.39, 0.29) is 48.6 Å². The average Bonchev–Trinajstić information content (AvgIpc) is 3.42. The quantitative estimate of drug-likeness (QED) is 0.602. The number of allylic oxidation sites excluding steroid dienone is 2. The van der Waals surface area contributed by atoms with Crippen molar-refractivity contribution in [3.8, 4) is 0 Å². The molecule has 2 N–H and O–H groups in total. The van der Waals surface area contributed by atoms with Crippen LogP contribution in [0.3, 0.4) is 0 Å². The highest BCUT2D eigenvalue weighted by molar-refractivity contribution is 6.08. The molecule has 2 aromatic rings. The van der Waals surface area contributed by atoms with Crippen LogP contribution >= 0.6 is 0 Å². The molecule has 29 heavy (non-hydrogen) atoms. The zero-order valence-electron chi connectivity index (χ0n) is 15.8. The molecule has 1 aliphatic heterocycles. The molecule has 148 valence electrons. The van der Waals surface area contributed by atoms with Gasteiger partial charge in [-0.2, -0.15) is 0 Å². The lowest BCUT2D eigenvalue weighted by atomic mass is 9.85. The minimum atomic E-state index is -0.868. The second-order valence-corrected chi connectivity index (χ2v) is 8.19. The summed E-state index contributed by atoms with van der Waals surface area (Å²) in [4.78, 5) is 38.7. The summed E-state index contributed by atoms with van der Waals surface area (Å²) in [5, 5.41) is 15.2. The summed E-state index contributed by atoms with van der Waals surface area (Å²) in [6.45, 7) is -0.262. The van der Waals surface area contributed by atoms with E-state index < -0.39 is 12.0 Å². The molecule has 2 bridgehead atoms. The summed E-state index contributed by atoms with van der Waals surface area (Å²) in [5.41, 5.74) is 0.703. The maximum absolute atomic E-state index is 12.6. The van der Waals surface area contributed by atoms with Gasteiger partial charge in [-0.05, 0) is 40.7 Å². The summed E-state index contributed by atoms with van der Waals surface area (Å²) >= 11 is 0. The van der Waals surface area contributed by atoms with Crippen LogP contribution in [0.15, 0.2) is 54.6 Å². The number of aliphatic hydroxyl groups excluding tert-OH is 1. The molecule has 6 heteroatoms. The molecule has 5 rings (SSSR count). The Kier molecular flexibility index (Phi) is 4.24. The lowest BCUT2D eigenvalue weighted by molar-refractivity contribution is -0.144. The van der Waals surface area contributed by atoms with Crippen molar-refractivity contribution in [2.45, 2.75) is 12.5 Å². The van der Waals surface area contributed by atoms with Crippen LogP contribution in [-0.2, 0) is 14.4 Å². The Bertz CT molecular complexity index is 1020. The van der Waals surface area contributed by atoms with Crippen LogP contribution in [0.4, 0.5) is 0 Å². The predicted octanol–water partition coefficient (Wildman–Crippen LogP) is 1.80. The van der Waals surface area contributed by atoms with Crippen molar-refractivity contribution in [3.05, 3.63) is 60.2 Å². The van der Waals surface area contributed by atoms with E-state index in [0.717, 1.165) is 22.1 Å². The lowest BCUT2D eigenvalue weighted by Crippen LogP contribution is -2.42. The maximum atomic E-state index is 12.6. The number of aliphatic hydroxyl groups is 1. The number of carbonyl (C=O) groups is 3. The molecule has 2 fully saturated rings. The minimum Gasteiger partial charge on any atom is -0.387 e. The van der Waals surface area contributed by atoms with Gasteiger partial charge in [-0.3, -0.25) is 19.3 Å². The van der Waals surface area contributed by atoms with E-state index in [1.54, 1.807) is 0 Å². The summed E-state index contributed by atoms with van der Waals surface area (Å²) in [7, 11) is 0. The van der Waals surface area contributed by atoms with Crippen molar-refractivity contribution in [2.75, 3.05) is 13.1 Å². The number of likely N-dealkylation sites (tertiary alicyclic amines) is 1. The SMILES string of the molecule is O=C(CN1C(=O)C2C3C=CC(C3)C2C1=O)NCC(O)c1ccc2ccccc2c1. The molecule has 1 saturated carbocycles. The zero-order valence-corrected chi connectivity index (χ0v) is 15.8. The molecular formula is C23H22N2O4. The fourth-order valence-electron chi connectivity index (χ4n) is 5.06. The molecule has 2 aliphatic carbocycles. The Balaban J connectivity index is 1.20. The molecule has 1 saturated heterocycles. The Morgan fingerprint density at radius 2 is 1.69 bits per heavy atom. The zero-order chi connectivity index (χ0) is 20.1. The number of hydrogen-bond donors (Lipinski definition) is 2. The number of nitrogens with one attached hydrogen (secondary N) is 1. The Labute approximate surface area is 168 Å². The van der Waals surface area contributed by atoms with Crippen LogP contribution in [0, 0.1) is 23.7 Å². The number of fused-ring (bicyclic) bond motifs is 6. The highest BCUT2D eigenvalue weighted by Gasteiger charge is 2.59. The third kappa shape index (κ3) is 2.95. The van der Waals surface area contributed by atoms with Gasteiger partial charge in [0.2, 0.25) is 17.7 Å². The molecule has 5 unspecified atom stereocenters. The topological polar surface area (TPSA) is 86.7 Å². The normalized spacial score (nSPS) is 28.2. The van der Waals surface area contributed by atoms with E-state index in [9.17, 15) is 19.5 Å². The molecule has 5 atom stereocenters. The first-order valence-electron chi connectivity index (χ1n) is 10.00. The number of nitrogens with zero attached hydrogens (tertiary/aromatic N) is 1. The monoisotopic (exact) mass is 390 g/mol. The minimum absolute atomic E-state index is 0.0209.